The van der Waals surface area contributed by atoms with Gasteiger partial charge in [-0.3, -0.25) is 19.9 Å². The van der Waals surface area contributed by atoms with Crippen LogP contribution in [0.15, 0.2) is 195 Å². The van der Waals surface area contributed by atoms with Crippen molar-refractivity contribution in [2.75, 3.05) is 4.90 Å². The molecule has 0 amide bonds. The van der Waals surface area contributed by atoms with E-state index in [9.17, 15) is 0 Å². The summed E-state index contributed by atoms with van der Waals surface area (Å²) in [6.45, 7) is 0. The van der Waals surface area contributed by atoms with Gasteiger partial charge in [-0.05, 0) is 95.1 Å². The van der Waals surface area contributed by atoms with Gasteiger partial charge in [-0.25, -0.2) is 9.97 Å². The van der Waals surface area contributed by atoms with E-state index in [1.54, 1.807) is 18.7 Å². The first-order chi connectivity index (χ1) is 31.2. The fourth-order valence-corrected chi connectivity index (χ4v) is 9.22. The minimum Gasteiger partial charge on any atom is -0.453 e. The molecule has 0 spiro atoms. The molecule has 63 heavy (non-hydrogen) atoms. The lowest BCUT2D eigenvalue weighted by molar-refractivity contribution is 0.477. The average molecular weight is 809 g/mol. The highest BCUT2D eigenvalue weighted by Gasteiger charge is 2.26. The second-order valence-corrected chi connectivity index (χ2v) is 15.7. The number of pyridine rings is 2. The molecule has 13 rings (SSSR count). The molecule has 0 aliphatic carbocycles. The van der Waals surface area contributed by atoms with Crippen LogP contribution in [0.3, 0.4) is 0 Å². The van der Waals surface area contributed by atoms with E-state index >= 15 is 0 Å². The molecule has 1 aliphatic rings. The Balaban J connectivity index is 1.01. The number of hydrogen-bond donors (Lipinski definition) is 0. The Labute approximate surface area is 360 Å². The predicted molar refractivity (Wildman–Crippen MR) is 251 cm³/mol. The van der Waals surface area contributed by atoms with Crippen molar-refractivity contribution in [3.8, 4) is 50.6 Å². The van der Waals surface area contributed by atoms with Gasteiger partial charge in [0.15, 0.2) is 11.5 Å². The van der Waals surface area contributed by atoms with Crippen molar-refractivity contribution in [1.29, 1.82) is 0 Å². The molecule has 0 bridgehead atoms. The summed E-state index contributed by atoms with van der Waals surface area (Å²) >= 11 is 0. The third kappa shape index (κ3) is 5.57. The molecular formula is C54H32N8O. The number of ether oxygens (including phenoxy) is 1. The number of rotatable bonds is 5. The number of hydrogen-bond acceptors (Lipinski definition) is 8. The van der Waals surface area contributed by atoms with Crippen LogP contribution in [0.25, 0.3) is 93.7 Å². The Morgan fingerprint density at radius 1 is 0.365 bits per heavy atom. The number of anilines is 3. The zero-order valence-electron chi connectivity index (χ0n) is 33.5. The summed E-state index contributed by atoms with van der Waals surface area (Å²) in [5, 5.41) is 4.01. The lowest BCUT2D eigenvalue weighted by atomic mass is 9.99. The highest BCUT2D eigenvalue weighted by molar-refractivity contribution is 6.21. The Morgan fingerprint density at radius 2 is 0.921 bits per heavy atom. The molecule has 9 nitrogen and oxygen atoms in total. The largest absolute Gasteiger partial charge is 0.453 e. The third-order valence-corrected chi connectivity index (χ3v) is 12.1. The number of aromatic nitrogens is 7. The third-order valence-electron chi connectivity index (χ3n) is 12.1. The van der Waals surface area contributed by atoms with Crippen LogP contribution in [-0.2, 0) is 0 Å². The molecule has 0 radical (unpaired) electrons. The zero-order valence-corrected chi connectivity index (χ0v) is 33.5. The highest BCUT2D eigenvalue weighted by Crippen LogP contribution is 2.51. The van der Waals surface area contributed by atoms with Gasteiger partial charge in [-0.1, -0.05) is 78.9 Å². The van der Waals surface area contributed by atoms with Crippen LogP contribution in [0.2, 0.25) is 0 Å². The molecule has 0 N–H and O–H groups in total. The van der Waals surface area contributed by atoms with E-state index in [0.717, 1.165) is 122 Å². The van der Waals surface area contributed by atoms with Crippen molar-refractivity contribution in [2.45, 2.75) is 0 Å². The molecule has 0 atom stereocenters. The molecule has 0 fully saturated rings. The highest BCUT2D eigenvalue weighted by atomic mass is 16.5. The zero-order chi connectivity index (χ0) is 41.4. The second kappa shape index (κ2) is 13.9. The predicted octanol–water partition coefficient (Wildman–Crippen LogP) is 13.2. The number of fused-ring (bicyclic) bond motifs is 11. The Kier molecular flexibility index (Phi) is 7.70. The lowest BCUT2D eigenvalue weighted by Crippen LogP contribution is -2.15. The topological polar surface area (TPSA) is 94.7 Å². The summed E-state index contributed by atoms with van der Waals surface area (Å²) in [4.78, 5) is 30.9. The molecular weight excluding hydrogens is 777 g/mol. The maximum absolute atomic E-state index is 6.38. The molecule has 0 unspecified atom stereocenters. The number of nitrogens with zero attached hydrogens (tertiary/aromatic N) is 8. The van der Waals surface area contributed by atoms with Gasteiger partial charge < -0.3 is 14.2 Å². The van der Waals surface area contributed by atoms with Gasteiger partial charge in [0.2, 0.25) is 0 Å². The van der Waals surface area contributed by atoms with Crippen LogP contribution in [0.5, 0.6) is 11.5 Å². The smallest absolute Gasteiger partial charge is 0.151 e. The van der Waals surface area contributed by atoms with E-state index < -0.39 is 0 Å². The van der Waals surface area contributed by atoms with Crippen LogP contribution >= 0.6 is 0 Å². The van der Waals surface area contributed by atoms with Crippen LogP contribution in [0.4, 0.5) is 17.1 Å². The fourth-order valence-electron chi connectivity index (χ4n) is 9.22. The minimum absolute atomic E-state index is 0.766. The maximum Gasteiger partial charge on any atom is 0.151 e. The number of para-hydroxylation sites is 4. The van der Waals surface area contributed by atoms with Crippen LogP contribution in [0, 0.1) is 0 Å². The second-order valence-electron chi connectivity index (χ2n) is 15.7. The Bertz CT molecular complexity index is 3730. The molecule has 12 aromatic rings. The van der Waals surface area contributed by atoms with Crippen molar-refractivity contribution in [1.82, 2.24) is 34.5 Å². The Hall–Kier alpha value is -8.82. The van der Waals surface area contributed by atoms with Gasteiger partial charge in [-0.15, -0.1) is 0 Å². The molecule has 5 aromatic heterocycles. The van der Waals surface area contributed by atoms with Gasteiger partial charge in [0, 0.05) is 69.3 Å². The SMILES string of the molecule is c1ccc(-c2ccc3c(c2)c2cc(N4c5ccccc5Oc5ccccc54)ccc2n3-c2cnc3c(c2)c2nccnc2c2cc(-c4cccc(-c5cncnc5)c4)cnc23)cc1. The van der Waals surface area contributed by atoms with Crippen LogP contribution in [0.1, 0.15) is 0 Å². The summed E-state index contributed by atoms with van der Waals surface area (Å²) < 4.78 is 8.69. The lowest BCUT2D eigenvalue weighted by Gasteiger charge is -2.32. The molecule has 0 saturated heterocycles. The van der Waals surface area contributed by atoms with E-state index in [-0.39, 0.29) is 0 Å². The molecule has 7 aromatic carbocycles. The van der Waals surface area contributed by atoms with Crippen LogP contribution in [-0.4, -0.2) is 34.5 Å². The molecule has 0 saturated carbocycles. The summed E-state index contributed by atoms with van der Waals surface area (Å²) in [6.07, 6.45) is 12.5. The van der Waals surface area contributed by atoms with Crippen molar-refractivity contribution in [3.63, 3.8) is 0 Å². The van der Waals surface area contributed by atoms with Gasteiger partial charge in [0.05, 0.1) is 56.4 Å². The average Bonchev–Trinajstić information content (AvgIpc) is 3.69. The summed E-state index contributed by atoms with van der Waals surface area (Å²) in [5.41, 5.74) is 15.4. The summed E-state index contributed by atoms with van der Waals surface area (Å²) in [7, 11) is 0. The van der Waals surface area contributed by atoms with Crippen molar-refractivity contribution < 1.29 is 4.74 Å². The first kappa shape index (κ1) is 35.0. The Morgan fingerprint density at radius 3 is 1.67 bits per heavy atom. The van der Waals surface area contributed by atoms with Gasteiger partial charge in [0.1, 0.15) is 6.33 Å². The van der Waals surface area contributed by atoms with E-state index in [4.69, 9.17) is 24.7 Å². The fraction of sp³-hybridized carbons (Fsp3) is 0. The quantitative estimate of drug-likeness (QED) is 0.159. The maximum atomic E-state index is 6.38. The summed E-state index contributed by atoms with van der Waals surface area (Å²) in [5.74, 6) is 1.63. The number of benzene rings is 7. The van der Waals surface area contributed by atoms with Crippen molar-refractivity contribution in [2.24, 2.45) is 0 Å². The normalized spacial score (nSPS) is 12.2. The van der Waals surface area contributed by atoms with E-state index in [0.29, 0.717) is 0 Å². The van der Waals surface area contributed by atoms with Crippen LogP contribution < -0.4 is 9.64 Å². The van der Waals surface area contributed by atoms with Gasteiger partial charge in [0.25, 0.3) is 0 Å². The first-order valence-corrected chi connectivity index (χ1v) is 20.7. The van der Waals surface area contributed by atoms with E-state index in [1.807, 2.05) is 55.1 Å². The van der Waals surface area contributed by atoms with Gasteiger partial charge >= 0.3 is 0 Å². The molecule has 9 heteroatoms. The molecule has 1 aliphatic heterocycles. The monoisotopic (exact) mass is 808 g/mol. The van der Waals surface area contributed by atoms with Crippen molar-refractivity contribution in [3.05, 3.63) is 195 Å². The first-order valence-electron chi connectivity index (χ1n) is 20.7. The van der Waals surface area contributed by atoms with Crippen molar-refractivity contribution >= 4 is 71.7 Å². The van der Waals surface area contributed by atoms with Gasteiger partial charge in [-0.2, -0.15) is 0 Å². The minimum atomic E-state index is 0.766. The van der Waals surface area contributed by atoms with E-state index in [2.05, 4.69) is 141 Å². The van der Waals surface area contributed by atoms with E-state index in [1.165, 1.54) is 0 Å². The molecule has 294 valence electrons. The molecule has 6 heterocycles. The standard InChI is InChI=1S/C54H32N8O/c1-2-9-33(10-3-1)36-17-19-45-41(24-36)42-26-39(61-47-13-4-6-15-49(47)63-50-16-7-5-14-48(50)61)18-20-46(42)62(45)40-27-44-52-51(57-21-22-58-52)43-25-37(30-59-53(43)54(44)60-31-40)34-11-8-12-35(23-34)38-28-55-32-56-29-38/h1-32H. The summed E-state index contributed by atoms with van der Waals surface area (Å²) in [6, 6.07) is 53.1.